The first-order valence-electron chi connectivity index (χ1n) is 6.24. The largest absolute Gasteiger partial charge is 0.478 e. The van der Waals surface area contributed by atoms with E-state index in [0.717, 1.165) is 18.7 Å². The van der Waals surface area contributed by atoms with Crippen molar-refractivity contribution < 1.29 is 14.7 Å². The van der Waals surface area contributed by atoms with Crippen LogP contribution in [0.2, 0.25) is 0 Å². The number of aryl methyl sites for hydroxylation is 1. The normalized spacial score (nSPS) is 16.4. The van der Waals surface area contributed by atoms with E-state index in [1.807, 2.05) is 0 Å². The molecule has 0 aliphatic carbocycles. The lowest BCUT2D eigenvalue weighted by molar-refractivity contribution is -0.122. The quantitative estimate of drug-likeness (QED) is 0.840. The molecule has 1 aromatic heterocycles. The lowest BCUT2D eigenvalue weighted by Crippen LogP contribution is -2.39. The first kappa shape index (κ1) is 13.3. The fourth-order valence-corrected chi connectivity index (χ4v) is 2.34. The SMILES string of the molecule is Cc1nc(N2CCC(C(N)=O)CC2)ccc1C(=O)O. The van der Waals surface area contributed by atoms with E-state index in [-0.39, 0.29) is 17.4 Å². The van der Waals surface area contributed by atoms with Crippen molar-refractivity contribution in [3.63, 3.8) is 0 Å². The second-order valence-electron chi connectivity index (χ2n) is 4.77. The Morgan fingerprint density at radius 1 is 1.37 bits per heavy atom. The van der Waals surface area contributed by atoms with Gasteiger partial charge in [-0.15, -0.1) is 0 Å². The molecule has 1 amide bonds. The van der Waals surface area contributed by atoms with Crippen LogP contribution in [-0.2, 0) is 4.79 Å². The Bertz CT molecular complexity index is 508. The molecule has 6 nitrogen and oxygen atoms in total. The number of anilines is 1. The minimum Gasteiger partial charge on any atom is -0.478 e. The number of pyridine rings is 1. The molecule has 0 saturated carbocycles. The lowest BCUT2D eigenvalue weighted by atomic mass is 9.96. The van der Waals surface area contributed by atoms with Gasteiger partial charge in [0.1, 0.15) is 5.82 Å². The smallest absolute Gasteiger partial charge is 0.337 e. The van der Waals surface area contributed by atoms with Crippen molar-refractivity contribution in [3.8, 4) is 0 Å². The first-order chi connectivity index (χ1) is 8.99. The average molecular weight is 263 g/mol. The van der Waals surface area contributed by atoms with Gasteiger partial charge in [-0.25, -0.2) is 9.78 Å². The van der Waals surface area contributed by atoms with Crippen LogP contribution in [-0.4, -0.2) is 35.1 Å². The monoisotopic (exact) mass is 263 g/mol. The standard InChI is InChI=1S/C13H17N3O3/c1-8-10(13(18)19)2-3-11(15-8)16-6-4-9(5-7-16)12(14)17/h2-3,9H,4-7H2,1H3,(H2,14,17)(H,18,19). The summed E-state index contributed by atoms with van der Waals surface area (Å²) in [4.78, 5) is 28.4. The summed E-state index contributed by atoms with van der Waals surface area (Å²) >= 11 is 0. The Hall–Kier alpha value is -2.11. The zero-order chi connectivity index (χ0) is 14.0. The molecule has 1 aliphatic rings. The van der Waals surface area contributed by atoms with Crippen molar-refractivity contribution in [2.24, 2.45) is 11.7 Å². The van der Waals surface area contributed by atoms with Gasteiger partial charge in [0.15, 0.2) is 0 Å². The Labute approximate surface area is 111 Å². The molecule has 6 heteroatoms. The predicted molar refractivity (Wildman–Crippen MR) is 70.1 cm³/mol. The van der Waals surface area contributed by atoms with E-state index in [1.54, 1.807) is 19.1 Å². The van der Waals surface area contributed by atoms with Crippen LogP contribution in [0.4, 0.5) is 5.82 Å². The van der Waals surface area contributed by atoms with Crippen molar-refractivity contribution in [1.82, 2.24) is 4.98 Å². The van der Waals surface area contributed by atoms with Crippen LogP contribution in [0.3, 0.4) is 0 Å². The number of amides is 1. The molecule has 0 bridgehead atoms. The summed E-state index contributed by atoms with van der Waals surface area (Å²) in [6, 6.07) is 3.28. The number of carboxylic acid groups (broad SMARTS) is 1. The molecule has 0 radical (unpaired) electrons. The first-order valence-corrected chi connectivity index (χ1v) is 6.24. The number of rotatable bonds is 3. The maximum absolute atomic E-state index is 11.1. The molecule has 19 heavy (non-hydrogen) atoms. The number of carboxylic acids is 1. The van der Waals surface area contributed by atoms with Crippen LogP contribution in [0.5, 0.6) is 0 Å². The third kappa shape index (κ3) is 2.83. The number of carbonyl (C=O) groups excluding carboxylic acids is 1. The van der Waals surface area contributed by atoms with Crippen LogP contribution in [0, 0.1) is 12.8 Å². The highest BCUT2D eigenvalue weighted by Gasteiger charge is 2.24. The number of piperidine rings is 1. The molecule has 1 aliphatic heterocycles. The number of nitrogens with zero attached hydrogens (tertiary/aromatic N) is 2. The molecule has 1 saturated heterocycles. The van der Waals surface area contributed by atoms with Gasteiger partial charge in [-0.3, -0.25) is 4.79 Å². The summed E-state index contributed by atoms with van der Waals surface area (Å²) in [5.41, 5.74) is 6.01. The lowest BCUT2D eigenvalue weighted by Gasteiger charge is -2.31. The van der Waals surface area contributed by atoms with E-state index >= 15 is 0 Å². The molecular weight excluding hydrogens is 246 g/mol. The van der Waals surface area contributed by atoms with Gasteiger partial charge in [-0.1, -0.05) is 0 Å². The second kappa shape index (κ2) is 5.26. The van der Waals surface area contributed by atoms with E-state index in [1.165, 1.54) is 0 Å². The fraction of sp³-hybridized carbons (Fsp3) is 0.462. The minimum atomic E-state index is -0.969. The third-order valence-electron chi connectivity index (χ3n) is 3.52. The number of hydrogen-bond acceptors (Lipinski definition) is 4. The molecule has 0 unspecified atom stereocenters. The van der Waals surface area contributed by atoms with Gasteiger partial charge < -0.3 is 15.7 Å². The number of nitrogens with two attached hydrogens (primary N) is 1. The van der Waals surface area contributed by atoms with Crippen LogP contribution in [0.15, 0.2) is 12.1 Å². The van der Waals surface area contributed by atoms with Gasteiger partial charge in [0.25, 0.3) is 0 Å². The maximum atomic E-state index is 11.1. The number of aromatic carboxylic acids is 1. The van der Waals surface area contributed by atoms with Crippen LogP contribution in [0.1, 0.15) is 28.9 Å². The molecule has 102 valence electrons. The maximum Gasteiger partial charge on any atom is 0.337 e. The Balaban J connectivity index is 2.10. The molecule has 3 N–H and O–H groups in total. The van der Waals surface area contributed by atoms with Crippen molar-refractivity contribution in [3.05, 3.63) is 23.4 Å². The van der Waals surface area contributed by atoms with E-state index < -0.39 is 5.97 Å². The van der Waals surface area contributed by atoms with Gasteiger partial charge in [-0.2, -0.15) is 0 Å². The summed E-state index contributed by atoms with van der Waals surface area (Å²) in [6.07, 6.45) is 1.44. The molecule has 0 spiro atoms. The summed E-state index contributed by atoms with van der Waals surface area (Å²) in [5, 5.41) is 8.96. The van der Waals surface area contributed by atoms with Gasteiger partial charge in [-0.05, 0) is 31.9 Å². The number of primary amides is 1. The van der Waals surface area contributed by atoms with Crippen molar-refractivity contribution in [2.75, 3.05) is 18.0 Å². The molecule has 2 rings (SSSR count). The molecule has 1 fully saturated rings. The second-order valence-corrected chi connectivity index (χ2v) is 4.77. The highest BCUT2D eigenvalue weighted by molar-refractivity contribution is 5.89. The molecule has 1 aromatic rings. The fourth-order valence-electron chi connectivity index (χ4n) is 2.34. The molecule has 0 atom stereocenters. The van der Waals surface area contributed by atoms with E-state index in [9.17, 15) is 9.59 Å². The molecule has 0 aromatic carbocycles. The summed E-state index contributed by atoms with van der Waals surface area (Å²) in [6.45, 7) is 3.11. The van der Waals surface area contributed by atoms with Crippen molar-refractivity contribution in [2.45, 2.75) is 19.8 Å². The van der Waals surface area contributed by atoms with Crippen LogP contribution in [0.25, 0.3) is 0 Å². The Morgan fingerprint density at radius 2 is 2.00 bits per heavy atom. The van der Waals surface area contributed by atoms with Crippen LogP contribution < -0.4 is 10.6 Å². The van der Waals surface area contributed by atoms with E-state index in [0.29, 0.717) is 18.8 Å². The molecular formula is C13H17N3O3. The number of carbonyl (C=O) groups is 2. The topological polar surface area (TPSA) is 96.5 Å². The Morgan fingerprint density at radius 3 is 2.47 bits per heavy atom. The van der Waals surface area contributed by atoms with Crippen molar-refractivity contribution in [1.29, 1.82) is 0 Å². The number of hydrogen-bond donors (Lipinski definition) is 2. The highest BCUT2D eigenvalue weighted by Crippen LogP contribution is 2.22. The van der Waals surface area contributed by atoms with Gasteiger partial charge in [0.2, 0.25) is 5.91 Å². The van der Waals surface area contributed by atoms with E-state index in [2.05, 4.69) is 9.88 Å². The zero-order valence-electron chi connectivity index (χ0n) is 10.8. The average Bonchev–Trinajstić information content (AvgIpc) is 2.38. The summed E-state index contributed by atoms with van der Waals surface area (Å²) in [5.74, 6) is -0.518. The Kier molecular flexibility index (Phi) is 3.69. The predicted octanol–water partition coefficient (Wildman–Crippen LogP) is 0.790. The van der Waals surface area contributed by atoms with E-state index in [4.69, 9.17) is 10.8 Å². The van der Waals surface area contributed by atoms with Gasteiger partial charge in [0, 0.05) is 19.0 Å². The van der Waals surface area contributed by atoms with Gasteiger partial charge >= 0.3 is 5.97 Å². The van der Waals surface area contributed by atoms with Crippen LogP contribution >= 0.6 is 0 Å². The zero-order valence-corrected chi connectivity index (χ0v) is 10.8. The number of aromatic nitrogens is 1. The summed E-state index contributed by atoms with van der Waals surface area (Å²) < 4.78 is 0. The van der Waals surface area contributed by atoms with Gasteiger partial charge in [0.05, 0.1) is 11.3 Å². The summed E-state index contributed by atoms with van der Waals surface area (Å²) in [7, 11) is 0. The minimum absolute atomic E-state index is 0.0596. The molecule has 2 heterocycles. The van der Waals surface area contributed by atoms with Crippen molar-refractivity contribution >= 4 is 17.7 Å². The third-order valence-corrected chi connectivity index (χ3v) is 3.52. The highest BCUT2D eigenvalue weighted by atomic mass is 16.4.